The van der Waals surface area contributed by atoms with Crippen LogP contribution in [-0.2, 0) is 0 Å². The molecule has 1 fully saturated rings. The van der Waals surface area contributed by atoms with Crippen LogP contribution in [0.1, 0.15) is 23.2 Å². The molecule has 0 aliphatic carbocycles. The lowest BCUT2D eigenvalue weighted by atomic mass is 10.1. The molecule has 0 aromatic carbocycles. The summed E-state index contributed by atoms with van der Waals surface area (Å²) in [5, 5.41) is 3.63. The summed E-state index contributed by atoms with van der Waals surface area (Å²) in [5.41, 5.74) is 7.47. The van der Waals surface area contributed by atoms with Gasteiger partial charge in [0.1, 0.15) is 11.5 Å². The second-order valence-corrected chi connectivity index (χ2v) is 7.11. The Morgan fingerprint density at radius 1 is 1.20 bits per heavy atom. The average molecular weight is 413 g/mol. The number of carbonyl (C=O) groups excluding carboxylic acids is 1. The van der Waals surface area contributed by atoms with E-state index in [2.05, 4.69) is 20.3 Å². The predicted octanol–water partition coefficient (Wildman–Crippen LogP) is 2.65. The highest BCUT2D eigenvalue weighted by atomic mass is 19.3. The Labute approximate surface area is 171 Å². The molecule has 3 aromatic heterocycles. The zero-order chi connectivity index (χ0) is 21.3. The molecule has 0 spiro atoms. The number of nitrogens with two attached hydrogens (primary N) is 1. The van der Waals surface area contributed by atoms with Crippen molar-refractivity contribution in [3.05, 3.63) is 48.4 Å². The van der Waals surface area contributed by atoms with E-state index in [1.54, 1.807) is 25.4 Å². The molecule has 0 saturated carbocycles. The summed E-state index contributed by atoms with van der Waals surface area (Å²) in [7, 11) is 1.58. The molecule has 0 atom stereocenters. The first-order valence-corrected chi connectivity index (χ1v) is 9.46. The first-order valence-electron chi connectivity index (χ1n) is 9.46. The van der Waals surface area contributed by atoms with Crippen LogP contribution >= 0.6 is 0 Å². The number of hydrogen-bond donors (Lipinski definition) is 2. The number of carbonyl (C=O) groups is 1. The molecular formula is C20H21F2N7O. The fourth-order valence-corrected chi connectivity index (χ4v) is 3.36. The van der Waals surface area contributed by atoms with Gasteiger partial charge in [-0.25, -0.2) is 18.7 Å². The molecule has 1 saturated heterocycles. The molecule has 0 radical (unpaired) electrons. The lowest BCUT2D eigenvalue weighted by Crippen LogP contribution is -2.42. The smallest absolute Gasteiger partial charge is 0.255 e. The number of amides is 1. The number of aliphatic imine (C=N–C) groups is 1. The first kappa shape index (κ1) is 19.7. The van der Waals surface area contributed by atoms with E-state index < -0.39 is 5.92 Å². The third-order valence-corrected chi connectivity index (χ3v) is 5.08. The summed E-state index contributed by atoms with van der Waals surface area (Å²) in [6.45, 7) is 0.0916. The van der Waals surface area contributed by atoms with Crippen LogP contribution in [-0.4, -0.2) is 57.4 Å². The topological polar surface area (TPSA) is 101 Å². The number of piperidine rings is 1. The average Bonchev–Trinajstić information content (AvgIpc) is 3.17. The lowest BCUT2D eigenvalue weighted by Gasteiger charge is -2.31. The van der Waals surface area contributed by atoms with Crippen molar-refractivity contribution < 1.29 is 13.6 Å². The van der Waals surface area contributed by atoms with Gasteiger partial charge in [-0.3, -0.25) is 14.4 Å². The summed E-state index contributed by atoms with van der Waals surface area (Å²) in [6, 6.07) is 7.20. The molecular weight excluding hydrogens is 392 g/mol. The van der Waals surface area contributed by atoms with Crippen molar-refractivity contribution in [3.8, 4) is 5.69 Å². The number of alkyl halides is 2. The van der Waals surface area contributed by atoms with Crippen LogP contribution in [0.4, 0.5) is 14.6 Å². The standard InChI is InChI=1S/C20H21F2N7O/c1-24-19(23)27-16-3-2-15(12-25-16)29-7-4-13-10-14(11-26-17(13)29)18(30)28-8-5-20(21,22)6-9-28/h2-4,7,10-12H,5-6,8-9H2,1H3,(H3,23,24,25,27). The van der Waals surface area contributed by atoms with E-state index in [0.717, 1.165) is 11.1 Å². The van der Waals surface area contributed by atoms with Crippen molar-refractivity contribution in [2.75, 3.05) is 25.5 Å². The van der Waals surface area contributed by atoms with Gasteiger partial charge in [0.2, 0.25) is 0 Å². The quantitative estimate of drug-likeness (QED) is 0.508. The summed E-state index contributed by atoms with van der Waals surface area (Å²) < 4.78 is 28.5. The van der Waals surface area contributed by atoms with Gasteiger partial charge in [-0.1, -0.05) is 0 Å². The zero-order valence-corrected chi connectivity index (χ0v) is 16.3. The summed E-state index contributed by atoms with van der Waals surface area (Å²) >= 11 is 0. The largest absolute Gasteiger partial charge is 0.370 e. The predicted molar refractivity (Wildman–Crippen MR) is 110 cm³/mol. The van der Waals surface area contributed by atoms with Gasteiger partial charge in [-0.05, 0) is 24.3 Å². The molecule has 8 nitrogen and oxygen atoms in total. The number of aromatic nitrogens is 3. The van der Waals surface area contributed by atoms with E-state index >= 15 is 0 Å². The summed E-state index contributed by atoms with van der Waals surface area (Å²) in [4.78, 5) is 26.7. The van der Waals surface area contributed by atoms with Crippen molar-refractivity contribution in [1.82, 2.24) is 19.4 Å². The monoisotopic (exact) mass is 413 g/mol. The number of anilines is 1. The Kier molecular flexibility index (Phi) is 5.06. The van der Waals surface area contributed by atoms with Crippen molar-refractivity contribution >= 4 is 28.7 Å². The van der Waals surface area contributed by atoms with Crippen LogP contribution in [0, 0.1) is 0 Å². The molecule has 10 heteroatoms. The number of halogens is 2. The molecule has 1 amide bonds. The minimum absolute atomic E-state index is 0.0458. The number of nitrogens with zero attached hydrogens (tertiary/aromatic N) is 5. The maximum absolute atomic E-state index is 13.3. The molecule has 1 aliphatic rings. The van der Waals surface area contributed by atoms with E-state index in [0.29, 0.717) is 17.0 Å². The maximum Gasteiger partial charge on any atom is 0.255 e. The fraction of sp³-hybridized carbons (Fsp3) is 0.300. The van der Waals surface area contributed by atoms with Crippen molar-refractivity contribution in [2.45, 2.75) is 18.8 Å². The SMILES string of the molecule is CN=C(N)Nc1ccc(-n2ccc3cc(C(=O)N4CCC(F)(F)CC4)cnc32)cn1. The number of guanidine groups is 1. The molecule has 4 heterocycles. The second-order valence-electron chi connectivity index (χ2n) is 7.11. The minimum atomic E-state index is -2.69. The Bertz CT molecular complexity index is 1100. The van der Waals surface area contributed by atoms with Gasteiger partial charge in [-0.2, -0.15) is 0 Å². The maximum atomic E-state index is 13.3. The minimum Gasteiger partial charge on any atom is -0.370 e. The van der Waals surface area contributed by atoms with E-state index in [1.807, 2.05) is 22.9 Å². The first-order chi connectivity index (χ1) is 14.4. The molecule has 4 rings (SSSR count). The molecule has 156 valence electrons. The van der Waals surface area contributed by atoms with Gasteiger partial charge in [0.05, 0.1) is 17.4 Å². The summed E-state index contributed by atoms with van der Waals surface area (Å²) in [5.74, 6) is -2.14. The van der Waals surface area contributed by atoms with Gasteiger partial charge in [0.15, 0.2) is 5.96 Å². The highest BCUT2D eigenvalue weighted by Gasteiger charge is 2.35. The Hall–Kier alpha value is -3.56. The second kappa shape index (κ2) is 7.69. The van der Waals surface area contributed by atoms with Gasteiger partial charge in [-0.15, -0.1) is 0 Å². The van der Waals surface area contributed by atoms with Gasteiger partial charge in [0, 0.05) is 50.8 Å². The molecule has 0 bridgehead atoms. The van der Waals surface area contributed by atoms with Gasteiger partial charge >= 0.3 is 0 Å². The highest BCUT2D eigenvalue weighted by molar-refractivity contribution is 5.97. The number of nitrogens with one attached hydrogen (secondary N) is 1. The molecule has 3 aromatic rings. The van der Waals surface area contributed by atoms with Crippen LogP contribution < -0.4 is 11.1 Å². The highest BCUT2D eigenvalue weighted by Crippen LogP contribution is 2.28. The van der Waals surface area contributed by atoms with Crippen LogP contribution in [0.2, 0.25) is 0 Å². The van der Waals surface area contributed by atoms with Gasteiger partial charge in [0.25, 0.3) is 11.8 Å². The molecule has 3 N–H and O–H groups in total. The molecule has 1 aliphatic heterocycles. The van der Waals surface area contributed by atoms with Crippen molar-refractivity contribution in [3.63, 3.8) is 0 Å². The molecule has 30 heavy (non-hydrogen) atoms. The summed E-state index contributed by atoms with van der Waals surface area (Å²) in [6.07, 6.45) is 4.37. The number of hydrogen-bond acceptors (Lipinski definition) is 4. The lowest BCUT2D eigenvalue weighted by molar-refractivity contribution is -0.0494. The number of rotatable bonds is 3. The zero-order valence-electron chi connectivity index (χ0n) is 16.3. The normalized spacial score (nSPS) is 16.6. The third-order valence-electron chi connectivity index (χ3n) is 5.08. The van der Waals surface area contributed by atoms with E-state index in [9.17, 15) is 13.6 Å². The van der Waals surface area contributed by atoms with E-state index in [-0.39, 0.29) is 37.8 Å². The van der Waals surface area contributed by atoms with E-state index in [4.69, 9.17) is 5.73 Å². The Morgan fingerprint density at radius 3 is 2.63 bits per heavy atom. The van der Waals surface area contributed by atoms with Crippen LogP contribution in [0.15, 0.2) is 47.8 Å². The molecule has 0 unspecified atom stereocenters. The Morgan fingerprint density at radius 2 is 1.97 bits per heavy atom. The Balaban J connectivity index is 1.55. The van der Waals surface area contributed by atoms with Crippen LogP contribution in [0.5, 0.6) is 0 Å². The third kappa shape index (κ3) is 3.93. The van der Waals surface area contributed by atoms with Crippen molar-refractivity contribution in [2.24, 2.45) is 10.7 Å². The van der Waals surface area contributed by atoms with Crippen LogP contribution in [0.3, 0.4) is 0 Å². The van der Waals surface area contributed by atoms with Crippen molar-refractivity contribution in [1.29, 1.82) is 0 Å². The van der Waals surface area contributed by atoms with Crippen LogP contribution in [0.25, 0.3) is 16.7 Å². The fourth-order valence-electron chi connectivity index (χ4n) is 3.36. The number of fused-ring (bicyclic) bond motifs is 1. The number of likely N-dealkylation sites (tertiary alicyclic amines) is 1. The number of pyridine rings is 2. The van der Waals surface area contributed by atoms with E-state index in [1.165, 1.54) is 11.1 Å². The van der Waals surface area contributed by atoms with Gasteiger partial charge < -0.3 is 16.0 Å².